The smallest absolute Gasteiger partial charge is 0.328 e. The number of hydrogen-bond acceptors (Lipinski definition) is 2. The number of nitrogens with zero attached hydrogens (tertiary/aromatic N) is 1. The number of rotatable bonds is 3. The van der Waals surface area contributed by atoms with Gasteiger partial charge in [-0.15, -0.1) is 0 Å². The number of carbonyl (C=O) groups is 1. The van der Waals surface area contributed by atoms with Crippen molar-refractivity contribution in [1.29, 1.82) is 0 Å². The first-order valence-electron chi connectivity index (χ1n) is 7.05. The Hall–Kier alpha value is -1.84. The van der Waals surface area contributed by atoms with Crippen LogP contribution in [0.15, 0.2) is 24.3 Å². The zero-order valence-corrected chi connectivity index (χ0v) is 11.7. The van der Waals surface area contributed by atoms with Crippen molar-refractivity contribution in [3.8, 4) is 0 Å². The molecule has 0 radical (unpaired) electrons. The summed E-state index contributed by atoms with van der Waals surface area (Å²) >= 11 is 0. The highest BCUT2D eigenvalue weighted by Gasteiger charge is 2.19. The van der Waals surface area contributed by atoms with Crippen LogP contribution in [0.2, 0.25) is 0 Å². The highest BCUT2D eigenvalue weighted by Crippen LogP contribution is 2.27. The third-order valence-electron chi connectivity index (χ3n) is 3.75. The maximum absolute atomic E-state index is 14.2. The molecule has 2 rings (SSSR count). The van der Waals surface area contributed by atoms with E-state index < -0.39 is 5.97 Å². The van der Waals surface area contributed by atoms with Crippen LogP contribution in [0.3, 0.4) is 0 Å². The third-order valence-corrected chi connectivity index (χ3v) is 3.75. The maximum atomic E-state index is 14.2. The van der Waals surface area contributed by atoms with E-state index in [0.29, 0.717) is 17.3 Å². The van der Waals surface area contributed by atoms with Gasteiger partial charge in [-0.1, -0.05) is 18.9 Å². The second-order valence-corrected chi connectivity index (χ2v) is 5.27. The number of halogens is 1. The van der Waals surface area contributed by atoms with Crippen LogP contribution < -0.4 is 4.90 Å². The molecule has 1 fully saturated rings. The van der Waals surface area contributed by atoms with E-state index in [1.807, 2.05) is 0 Å². The Morgan fingerprint density at radius 2 is 2.20 bits per heavy atom. The van der Waals surface area contributed by atoms with Gasteiger partial charge in [-0.3, -0.25) is 0 Å². The van der Waals surface area contributed by atoms with E-state index in [1.165, 1.54) is 25.0 Å². The number of carboxylic acids is 1. The monoisotopic (exact) mass is 277 g/mol. The van der Waals surface area contributed by atoms with E-state index >= 15 is 0 Å². The van der Waals surface area contributed by atoms with Gasteiger partial charge in [0.25, 0.3) is 0 Å². The molecule has 0 bridgehead atoms. The molecule has 3 nitrogen and oxygen atoms in total. The van der Waals surface area contributed by atoms with Gasteiger partial charge in [-0.05, 0) is 43.5 Å². The summed E-state index contributed by atoms with van der Waals surface area (Å²) in [5, 5.41) is 8.58. The number of anilines is 1. The van der Waals surface area contributed by atoms with E-state index in [2.05, 4.69) is 11.8 Å². The maximum Gasteiger partial charge on any atom is 0.328 e. The first kappa shape index (κ1) is 14.6. The summed E-state index contributed by atoms with van der Waals surface area (Å²) in [7, 11) is 0. The molecule has 1 aliphatic heterocycles. The SMILES string of the molecule is CC1CCCCCN1c1ccc(C=CC(=O)O)cc1F. The van der Waals surface area contributed by atoms with E-state index in [1.54, 1.807) is 12.1 Å². The lowest BCUT2D eigenvalue weighted by Crippen LogP contribution is -2.33. The lowest BCUT2D eigenvalue weighted by Gasteiger charge is -2.29. The van der Waals surface area contributed by atoms with Gasteiger partial charge < -0.3 is 10.0 Å². The van der Waals surface area contributed by atoms with Gasteiger partial charge in [-0.25, -0.2) is 9.18 Å². The van der Waals surface area contributed by atoms with Crippen molar-refractivity contribution in [2.45, 2.75) is 38.6 Å². The van der Waals surface area contributed by atoms with Crippen molar-refractivity contribution < 1.29 is 14.3 Å². The minimum Gasteiger partial charge on any atom is -0.478 e. The molecule has 1 saturated heterocycles. The van der Waals surface area contributed by atoms with Gasteiger partial charge in [0, 0.05) is 18.7 Å². The topological polar surface area (TPSA) is 40.5 Å². The molecule has 4 heteroatoms. The zero-order valence-electron chi connectivity index (χ0n) is 11.7. The molecule has 1 atom stereocenters. The molecule has 0 amide bonds. The number of benzene rings is 1. The van der Waals surface area contributed by atoms with Crippen LogP contribution in [0, 0.1) is 5.82 Å². The first-order valence-corrected chi connectivity index (χ1v) is 7.05. The molecule has 1 unspecified atom stereocenters. The van der Waals surface area contributed by atoms with Crippen LogP contribution in [0.5, 0.6) is 0 Å². The van der Waals surface area contributed by atoms with Crippen LogP contribution in [0.1, 0.15) is 38.2 Å². The fourth-order valence-electron chi connectivity index (χ4n) is 2.66. The summed E-state index contributed by atoms with van der Waals surface area (Å²) in [4.78, 5) is 12.6. The molecular weight excluding hydrogens is 257 g/mol. The summed E-state index contributed by atoms with van der Waals surface area (Å²) in [6.45, 7) is 3.01. The van der Waals surface area contributed by atoms with Crippen molar-refractivity contribution in [1.82, 2.24) is 0 Å². The summed E-state index contributed by atoms with van der Waals surface area (Å²) in [6.07, 6.45) is 6.98. The Bertz CT molecular complexity index is 513. The molecule has 1 N–H and O–H groups in total. The van der Waals surface area contributed by atoms with Crippen molar-refractivity contribution in [2.24, 2.45) is 0 Å². The van der Waals surface area contributed by atoms with Gasteiger partial charge in [0.2, 0.25) is 0 Å². The van der Waals surface area contributed by atoms with Crippen molar-refractivity contribution in [3.63, 3.8) is 0 Å². The summed E-state index contributed by atoms with van der Waals surface area (Å²) < 4.78 is 14.2. The lowest BCUT2D eigenvalue weighted by atomic mass is 10.1. The van der Waals surface area contributed by atoms with Gasteiger partial charge in [-0.2, -0.15) is 0 Å². The van der Waals surface area contributed by atoms with Gasteiger partial charge in [0.1, 0.15) is 5.82 Å². The minimum absolute atomic E-state index is 0.286. The zero-order chi connectivity index (χ0) is 14.5. The van der Waals surface area contributed by atoms with Gasteiger partial charge in [0.15, 0.2) is 0 Å². The molecule has 1 aromatic carbocycles. The van der Waals surface area contributed by atoms with Crippen LogP contribution >= 0.6 is 0 Å². The van der Waals surface area contributed by atoms with Crippen molar-refractivity contribution in [2.75, 3.05) is 11.4 Å². The molecule has 1 aliphatic rings. The summed E-state index contributed by atoms with van der Waals surface area (Å²) in [5.74, 6) is -1.32. The Kier molecular flexibility index (Phi) is 4.77. The average molecular weight is 277 g/mol. The minimum atomic E-state index is -1.03. The number of hydrogen-bond donors (Lipinski definition) is 1. The standard InChI is InChI=1S/C16H20FNO2/c1-12-5-3-2-4-10-18(12)15-8-6-13(11-14(15)17)7-9-16(19)20/h6-9,11-12H,2-5,10H2,1H3,(H,19,20). The van der Waals surface area contributed by atoms with Crippen LogP contribution in [0.25, 0.3) is 6.08 Å². The average Bonchev–Trinajstić information content (AvgIpc) is 2.61. The largest absolute Gasteiger partial charge is 0.478 e. The van der Waals surface area contributed by atoms with E-state index in [-0.39, 0.29) is 5.82 Å². The van der Waals surface area contributed by atoms with Gasteiger partial charge in [0.05, 0.1) is 5.69 Å². The number of carboxylic acid groups (broad SMARTS) is 1. The highest BCUT2D eigenvalue weighted by molar-refractivity contribution is 5.85. The summed E-state index contributed by atoms with van der Waals surface area (Å²) in [5.41, 5.74) is 1.18. The molecular formula is C16H20FNO2. The van der Waals surface area contributed by atoms with Crippen molar-refractivity contribution >= 4 is 17.7 Å². The Morgan fingerprint density at radius 1 is 1.40 bits per heavy atom. The molecule has 1 aromatic rings. The second kappa shape index (κ2) is 6.55. The highest BCUT2D eigenvalue weighted by atomic mass is 19.1. The molecule has 0 spiro atoms. The molecule has 20 heavy (non-hydrogen) atoms. The molecule has 1 heterocycles. The van der Waals surface area contributed by atoms with Crippen LogP contribution in [0.4, 0.5) is 10.1 Å². The fraction of sp³-hybridized carbons (Fsp3) is 0.438. The van der Waals surface area contributed by atoms with E-state index in [9.17, 15) is 9.18 Å². The Balaban J connectivity index is 2.22. The summed E-state index contributed by atoms with van der Waals surface area (Å²) in [6, 6.07) is 5.24. The second-order valence-electron chi connectivity index (χ2n) is 5.27. The predicted octanol–water partition coefficient (Wildman–Crippen LogP) is 3.69. The Labute approximate surface area is 118 Å². The molecule has 0 aliphatic carbocycles. The predicted molar refractivity (Wildman–Crippen MR) is 78.3 cm³/mol. The Morgan fingerprint density at radius 3 is 2.90 bits per heavy atom. The van der Waals surface area contributed by atoms with Crippen molar-refractivity contribution in [3.05, 3.63) is 35.7 Å². The lowest BCUT2D eigenvalue weighted by molar-refractivity contribution is -0.131. The number of aliphatic carboxylic acids is 1. The normalized spacial score (nSPS) is 20.1. The van der Waals surface area contributed by atoms with Gasteiger partial charge >= 0.3 is 5.97 Å². The van der Waals surface area contributed by atoms with E-state index in [4.69, 9.17) is 5.11 Å². The molecule has 0 saturated carbocycles. The van der Waals surface area contributed by atoms with Crippen LogP contribution in [-0.2, 0) is 4.79 Å². The molecule has 0 aromatic heterocycles. The molecule has 108 valence electrons. The fourth-order valence-corrected chi connectivity index (χ4v) is 2.66. The quantitative estimate of drug-likeness (QED) is 0.857. The third kappa shape index (κ3) is 3.59. The van der Waals surface area contributed by atoms with Crippen LogP contribution in [-0.4, -0.2) is 23.7 Å². The first-order chi connectivity index (χ1) is 9.58. The van der Waals surface area contributed by atoms with E-state index in [0.717, 1.165) is 25.5 Å².